The molecule has 0 aliphatic carbocycles. The van der Waals surface area contributed by atoms with Crippen molar-refractivity contribution in [1.82, 2.24) is 0 Å². The summed E-state index contributed by atoms with van der Waals surface area (Å²) in [5.41, 5.74) is 4.05. The molecule has 0 bridgehead atoms. The smallest absolute Gasteiger partial charge is 0.0641 e. The zero-order valence-electron chi connectivity index (χ0n) is 13.3. The van der Waals surface area contributed by atoms with E-state index < -0.39 is 0 Å². The van der Waals surface area contributed by atoms with Crippen molar-refractivity contribution in [3.63, 3.8) is 0 Å². The van der Waals surface area contributed by atoms with Crippen molar-refractivity contribution in [1.29, 1.82) is 0 Å². The second-order valence-corrected chi connectivity index (χ2v) is 5.57. The molecule has 0 amide bonds. The second-order valence-electron chi connectivity index (χ2n) is 5.57. The van der Waals surface area contributed by atoms with Crippen molar-refractivity contribution in [2.24, 2.45) is 0 Å². The van der Waals surface area contributed by atoms with Gasteiger partial charge in [-0.25, -0.2) is 0 Å². The van der Waals surface area contributed by atoms with Crippen LogP contribution < -0.4 is 0 Å². The van der Waals surface area contributed by atoms with Crippen LogP contribution in [0.1, 0.15) is 72.6 Å². The van der Waals surface area contributed by atoms with E-state index in [0.29, 0.717) is 0 Å². The van der Waals surface area contributed by atoms with Crippen LogP contribution in [0.3, 0.4) is 0 Å². The molecule has 1 nitrogen and oxygen atoms in total. The molecule has 1 N–H and O–H groups in total. The molecule has 0 rings (SSSR count). The highest BCUT2D eigenvalue weighted by Crippen LogP contribution is 2.12. The molecule has 0 aliphatic rings. The third kappa shape index (κ3) is 12.0. The fraction of sp³-hybridized carbons (Fsp3) is 0.667. The first-order valence-electron chi connectivity index (χ1n) is 7.67. The number of aliphatic hydroxyl groups is 1. The minimum atomic E-state index is 0.217. The maximum atomic E-state index is 9.30. The first-order chi connectivity index (χ1) is 9.10. The number of hydrogen-bond donors (Lipinski definition) is 1. The van der Waals surface area contributed by atoms with E-state index in [0.717, 1.165) is 32.1 Å². The molecule has 0 aromatic carbocycles. The number of rotatable bonds is 10. The van der Waals surface area contributed by atoms with E-state index in [2.05, 4.69) is 45.9 Å². The molecular formula is C18H32O. The summed E-state index contributed by atoms with van der Waals surface area (Å²) in [4.78, 5) is 0. The average molecular weight is 264 g/mol. The van der Waals surface area contributed by atoms with Crippen LogP contribution in [0.15, 0.2) is 34.9 Å². The van der Waals surface area contributed by atoms with Gasteiger partial charge in [0.25, 0.3) is 0 Å². The average Bonchev–Trinajstić information content (AvgIpc) is 2.36. The Labute approximate surface area is 120 Å². The highest BCUT2D eigenvalue weighted by Gasteiger charge is 1.95. The lowest BCUT2D eigenvalue weighted by Gasteiger charge is -2.03. The molecule has 0 saturated carbocycles. The van der Waals surface area contributed by atoms with Gasteiger partial charge in [-0.2, -0.15) is 0 Å². The van der Waals surface area contributed by atoms with Crippen molar-refractivity contribution in [3.8, 4) is 0 Å². The molecule has 0 heterocycles. The summed E-state index contributed by atoms with van der Waals surface area (Å²) in [6, 6.07) is 0. The lowest BCUT2D eigenvalue weighted by atomic mass is 10.0. The van der Waals surface area contributed by atoms with Gasteiger partial charge < -0.3 is 5.11 Å². The molecule has 0 saturated heterocycles. The first kappa shape index (κ1) is 18.2. The van der Waals surface area contributed by atoms with Gasteiger partial charge in [0, 0.05) is 0 Å². The molecule has 0 radical (unpaired) electrons. The van der Waals surface area contributed by atoms with Crippen LogP contribution in [0.25, 0.3) is 0 Å². The van der Waals surface area contributed by atoms with Crippen LogP contribution in [0.2, 0.25) is 0 Å². The van der Waals surface area contributed by atoms with Crippen molar-refractivity contribution in [3.05, 3.63) is 34.9 Å². The van der Waals surface area contributed by atoms with Crippen LogP contribution in [-0.2, 0) is 0 Å². The second kappa shape index (κ2) is 12.2. The molecule has 0 fully saturated rings. The van der Waals surface area contributed by atoms with E-state index in [4.69, 9.17) is 0 Å². The lowest BCUT2D eigenvalue weighted by molar-refractivity contribution is 0.326. The Bertz CT molecular complexity index is 304. The van der Waals surface area contributed by atoms with E-state index in [9.17, 15) is 5.11 Å². The predicted octanol–water partition coefficient (Wildman–Crippen LogP) is 5.57. The fourth-order valence-corrected chi connectivity index (χ4v) is 1.95. The molecule has 0 aromatic heterocycles. The largest absolute Gasteiger partial charge is 0.392 e. The molecule has 19 heavy (non-hydrogen) atoms. The third-order valence-electron chi connectivity index (χ3n) is 3.24. The van der Waals surface area contributed by atoms with Gasteiger partial charge in [0.1, 0.15) is 0 Å². The Morgan fingerprint density at radius 3 is 2.16 bits per heavy atom. The van der Waals surface area contributed by atoms with Gasteiger partial charge in [0.05, 0.1) is 6.61 Å². The quantitative estimate of drug-likeness (QED) is 0.404. The van der Waals surface area contributed by atoms with Crippen LogP contribution in [0.5, 0.6) is 0 Å². The van der Waals surface area contributed by atoms with Crippen LogP contribution in [-0.4, -0.2) is 11.7 Å². The zero-order chi connectivity index (χ0) is 14.5. The van der Waals surface area contributed by atoms with E-state index >= 15 is 0 Å². The van der Waals surface area contributed by atoms with E-state index in [1.165, 1.54) is 29.6 Å². The van der Waals surface area contributed by atoms with Crippen LogP contribution in [0.4, 0.5) is 0 Å². The standard InChI is InChI=1S/C18H32O/c1-5-6-7-13-18(15-19)14-9-12-17(4)11-8-10-16(2)3/h10,12-13,19H,5-9,11,14-15H2,1-4H3. The summed E-state index contributed by atoms with van der Waals surface area (Å²) in [5.74, 6) is 0. The summed E-state index contributed by atoms with van der Waals surface area (Å²) in [6.07, 6.45) is 14.7. The Balaban J connectivity index is 3.96. The first-order valence-corrected chi connectivity index (χ1v) is 7.67. The van der Waals surface area contributed by atoms with Crippen molar-refractivity contribution < 1.29 is 5.11 Å². The zero-order valence-corrected chi connectivity index (χ0v) is 13.3. The SMILES string of the molecule is CCCCC=C(CO)CCC=C(C)CCC=C(C)C. The van der Waals surface area contributed by atoms with Crippen LogP contribution >= 0.6 is 0 Å². The monoisotopic (exact) mass is 264 g/mol. The summed E-state index contributed by atoms with van der Waals surface area (Å²) in [7, 11) is 0. The van der Waals surface area contributed by atoms with Gasteiger partial charge in [-0.05, 0) is 58.4 Å². The molecule has 110 valence electrons. The summed E-state index contributed by atoms with van der Waals surface area (Å²) in [6.45, 7) is 8.92. The third-order valence-corrected chi connectivity index (χ3v) is 3.24. The summed E-state index contributed by atoms with van der Waals surface area (Å²) >= 11 is 0. The number of hydrogen-bond acceptors (Lipinski definition) is 1. The number of aliphatic hydroxyl groups excluding tert-OH is 1. The highest BCUT2D eigenvalue weighted by molar-refractivity contribution is 5.07. The van der Waals surface area contributed by atoms with Gasteiger partial charge in [-0.15, -0.1) is 0 Å². The summed E-state index contributed by atoms with van der Waals surface area (Å²) in [5, 5.41) is 9.30. The molecule has 0 aliphatic heterocycles. The number of allylic oxidation sites excluding steroid dienone is 5. The topological polar surface area (TPSA) is 20.2 Å². The fourth-order valence-electron chi connectivity index (χ4n) is 1.95. The highest BCUT2D eigenvalue weighted by atomic mass is 16.3. The lowest BCUT2D eigenvalue weighted by Crippen LogP contribution is -1.91. The van der Waals surface area contributed by atoms with E-state index in [-0.39, 0.29) is 6.61 Å². The van der Waals surface area contributed by atoms with Crippen LogP contribution in [0, 0.1) is 0 Å². The Morgan fingerprint density at radius 2 is 1.58 bits per heavy atom. The molecule has 0 unspecified atom stereocenters. The Kier molecular flexibility index (Phi) is 11.7. The predicted molar refractivity (Wildman–Crippen MR) is 86.3 cm³/mol. The van der Waals surface area contributed by atoms with Gasteiger partial charge in [0.15, 0.2) is 0 Å². The Hall–Kier alpha value is -0.820. The van der Waals surface area contributed by atoms with Gasteiger partial charge in [-0.3, -0.25) is 0 Å². The van der Waals surface area contributed by atoms with E-state index in [1.54, 1.807) is 0 Å². The van der Waals surface area contributed by atoms with Crippen molar-refractivity contribution in [2.75, 3.05) is 6.61 Å². The van der Waals surface area contributed by atoms with Gasteiger partial charge >= 0.3 is 0 Å². The molecular weight excluding hydrogens is 232 g/mol. The van der Waals surface area contributed by atoms with E-state index in [1.807, 2.05) is 0 Å². The maximum absolute atomic E-state index is 9.30. The molecule has 0 atom stereocenters. The molecule has 0 spiro atoms. The minimum absolute atomic E-state index is 0.217. The minimum Gasteiger partial charge on any atom is -0.392 e. The number of unbranched alkanes of at least 4 members (excludes halogenated alkanes) is 2. The molecule has 1 heteroatoms. The molecule has 0 aromatic rings. The van der Waals surface area contributed by atoms with Crippen molar-refractivity contribution in [2.45, 2.75) is 72.6 Å². The maximum Gasteiger partial charge on any atom is 0.0641 e. The summed E-state index contributed by atoms with van der Waals surface area (Å²) < 4.78 is 0. The van der Waals surface area contributed by atoms with Gasteiger partial charge in [-0.1, -0.05) is 49.1 Å². The normalized spacial score (nSPS) is 12.7. The Morgan fingerprint density at radius 1 is 0.895 bits per heavy atom. The van der Waals surface area contributed by atoms with Gasteiger partial charge in [0.2, 0.25) is 0 Å². The van der Waals surface area contributed by atoms with Crippen molar-refractivity contribution >= 4 is 0 Å².